The molecule has 1 amide bonds. The van der Waals surface area contributed by atoms with Crippen molar-refractivity contribution in [3.05, 3.63) is 51.7 Å². The molecule has 0 unspecified atom stereocenters. The molecule has 29 heavy (non-hydrogen) atoms. The minimum absolute atomic E-state index is 0.122. The van der Waals surface area contributed by atoms with Crippen molar-refractivity contribution in [1.82, 2.24) is 4.90 Å². The van der Waals surface area contributed by atoms with Gasteiger partial charge in [-0.1, -0.05) is 6.07 Å². The average molecular weight is 470 g/mol. The maximum atomic E-state index is 13.8. The molecule has 7 nitrogen and oxygen atoms in total. The van der Waals surface area contributed by atoms with E-state index in [1.54, 1.807) is 6.07 Å². The first-order valence-corrected chi connectivity index (χ1v) is 9.25. The van der Waals surface area contributed by atoms with Gasteiger partial charge < -0.3 is 23.8 Å². The maximum Gasteiger partial charge on any atom is 0.338 e. The summed E-state index contributed by atoms with van der Waals surface area (Å²) in [5, 5.41) is 0. The van der Waals surface area contributed by atoms with Crippen molar-refractivity contribution in [3.8, 4) is 17.2 Å². The topological polar surface area (TPSA) is 74.3 Å². The molecule has 0 saturated carbocycles. The van der Waals surface area contributed by atoms with Crippen LogP contribution in [-0.2, 0) is 16.1 Å². The summed E-state index contributed by atoms with van der Waals surface area (Å²) in [6.07, 6.45) is 0. The fraction of sp³-hybridized carbons (Fsp3) is 0.300. The SMILES string of the molecule is COc1ccc(CN(C)C(=O)COC(=O)c2cc(OC)c(Br)c(OC)c2)cc1F. The van der Waals surface area contributed by atoms with Crippen molar-refractivity contribution in [2.24, 2.45) is 0 Å². The Morgan fingerprint density at radius 2 is 1.59 bits per heavy atom. The fourth-order valence-electron chi connectivity index (χ4n) is 2.48. The summed E-state index contributed by atoms with van der Waals surface area (Å²) < 4.78 is 34.7. The molecule has 2 rings (SSSR count). The summed E-state index contributed by atoms with van der Waals surface area (Å²) in [7, 11) is 5.81. The number of carbonyl (C=O) groups excluding carboxylic acids is 2. The highest BCUT2D eigenvalue weighted by atomic mass is 79.9. The summed E-state index contributed by atoms with van der Waals surface area (Å²) in [5.74, 6) is -0.757. The first-order chi connectivity index (χ1) is 13.8. The number of hydrogen-bond acceptors (Lipinski definition) is 6. The number of methoxy groups -OCH3 is 3. The lowest BCUT2D eigenvalue weighted by Gasteiger charge is -2.18. The smallest absolute Gasteiger partial charge is 0.338 e. The van der Waals surface area contributed by atoms with E-state index < -0.39 is 24.3 Å². The summed E-state index contributed by atoms with van der Waals surface area (Å²) in [6.45, 7) is -0.314. The molecule has 0 aliphatic heterocycles. The molecule has 2 aromatic rings. The first kappa shape index (κ1) is 22.5. The van der Waals surface area contributed by atoms with Gasteiger partial charge in [-0.3, -0.25) is 4.79 Å². The summed E-state index contributed by atoms with van der Waals surface area (Å²) in [5.41, 5.74) is 0.752. The molecule has 0 aromatic heterocycles. The van der Waals surface area contributed by atoms with Gasteiger partial charge in [-0.05, 0) is 45.8 Å². The van der Waals surface area contributed by atoms with Crippen LogP contribution in [0, 0.1) is 5.82 Å². The van der Waals surface area contributed by atoms with Crippen molar-refractivity contribution >= 4 is 27.8 Å². The molecule has 9 heteroatoms. The molecular weight excluding hydrogens is 449 g/mol. The van der Waals surface area contributed by atoms with Gasteiger partial charge in [0.1, 0.15) is 16.0 Å². The van der Waals surface area contributed by atoms with Crippen LogP contribution in [0.5, 0.6) is 17.2 Å². The third-order valence-corrected chi connectivity index (χ3v) is 4.85. The Labute approximate surface area is 176 Å². The number of rotatable bonds is 8. The van der Waals surface area contributed by atoms with Crippen molar-refractivity contribution in [2.45, 2.75) is 6.54 Å². The number of amides is 1. The van der Waals surface area contributed by atoms with Crippen LogP contribution in [0.2, 0.25) is 0 Å². The van der Waals surface area contributed by atoms with Crippen molar-refractivity contribution < 1.29 is 32.9 Å². The Morgan fingerprint density at radius 1 is 1.00 bits per heavy atom. The van der Waals surface area contributed by atoms with Crippen LogP contribution >= 0.6 is 15.9 Å². The standard InChI is InChI=1S/C20H21BrFNO6/c1-23(10-12-5-6-15(26-2)14(22)7-12)18(24)11-29-20(25)13-8-16(27-3)19(21)17(9-13)28-4/h5-9H,10-11H2,1-4H3. The van der Waals surface area contributed by atoms with Gasteiger partial charge in [0.05, 0.1) is 26.9 Å². The van der Waals surface area contributed by atoms with Gasteiger partial charge in [0.25, 0.3) is 5.91 Å². The predicted octanol–water partition coefficient (Wildman–Crippen LogP) is 3.43. The molecule has 0 spiro atoms. The molecule has 0 aliphatic carbocycles. The molecule has 156 valence electrons. The van der Waals surface area contributed by atoms with Gasteiger partial charge in [-0.15, -0.1) is 0 Å². The minimum Gasteiger partial charge on any atom is -0.495 e. The van der Waals surface area contributed by atoms with Gasteiger partial charge in [0, 0.05) is 13.6 Å². The number of likely N-dealkylation sites (N-methyl/N-ethyl adjacent to an activating group) is 1. The van der Waals surface area contributed by atoms with Crippen LogP contribution in [0.25, 0.3) is 0 Å². The normalized spacial score (nSPS) is 10.3. The Bertz CT molecular complexity index is 880. The molecule has 0 aliphatic rings. The summed E-state index contributed by atoms with van der Waals surface area (Å²) in [6, 6.07) is 7.37. The Morgan fingerprint density at radius 3 is 2.10 bits per heavy atom. The molecule has 2 aromatic carbocycles. The highest BCUT2D eigenvalue weighted by molar-refractivity contribution is 9.10. The second-order valence-electron chi connectivity index (χ2n) is 5.99. The number of benzene rings is 2. The molecule has 0 N–H and O–H groups in total. The molecule has 0 heterocycles. The maximum absolute atomic E-state index is 13.8. The number of ether oxygens (including phenoxy) is 4. The average Bonchev–Trinajstić information content (AvgIpc) is 2.71. The van der Waals surface area contributed by atoms with E-state index >= 15 is 0 Å². The van der Waals surface area contributed by atoms with Crippen molar-refractivity contribution in [3.63, 3.8) is 0 Å². The van der Waals surface area contributed by atoms with E-state index in [-0.39, 0.29) is 17.9 Å². The van der Waals surface area contributed by atoms with Crippen LogP contribution in [-0.4, -0.2) is 51.8 Å². The monoisotopic (exact) mass is 469 g/mol. The summed E-state index contributed by atoms with van der Waals surface area (Å²) in [4.78, 5) is 25.9. The number of nitrogens with zero attached hydrogens (tertiary/aromatic N) is 1. The van der Waals surface area contributed by atoms with Crippen LogP contribution in [0.15, 0.2) is 34.8 Å². The van der Waals surface area contributed by atoms with Gasteiger partial charge in [-0.2, -0.15) is 0 Å². The second-order valence-corrected chi connectivity index (χ2v) is 6.78. The Hall–Kier alpha value is -2.81. The van der Waals surface area contributed by atoms with Gasteiger partial charge in [0.2, 0.25) is 0 Å². The third kappa shape index (κ3) is 5.60. The van der Waals surface area contributed by atoms with E-state index in [0.29, 0.717) is 21.5 Å². The van der Waals surface area contributed by atoms with Crippen LogP contribution in [0.4, 0.5) is 4.39 Å². The van der Waals surface area contributed by atoms with Gasteiger partial charge >= 0.3 is 5.97 Å². The van der Waals surface area contributed by atoms with Crippen molar-refractivity contribution in [1.29, 1.82) is 0 Å². The largest absolute Gasteiger partial charge is 0.495 e. The first-order valence-electron chi connectivity index (χ1n) is 8.45. The molecule has 0 fully saturated rings. The fourth-order valence-corrected chi connectivity index (χ4v) is 3.03. The Balaban J connectivity index is 1.99. The van der Waals surface area contributed by atoms with Gasteiger partial charge in [0.15, 0.2) is 18.2 Å². The minimum atomic E-state index is -0.702. The molecular formula is C20H21BrFNO6. The van der Waals surface area contributed by atoms with Crippen LogP contribution < -0.4 is 14.2 Å². The zero-order valence-electron chi connectivity index (χ0n) is 16.5. The second kappa shape index (κ2) is 10.1. The molecule has 0 atom stereocenters. The lowest BCUT2D eigenvalue weighted by atomic mass is 10.2. The molecule has 0 radical (unpaired) electrons. The molecule has 0 bridgehead atoms. The third-order valence-electron chi connectivity index (χ3n) is 4.07. The Kier molecular flexibility index (Phi) is 7.83. The van der Waals surface area contributed by atoms with E-state index in [1.165, 1.54) is 57.5 Å². The number of esters is 1. The highest BCUT2D eigenvalue weighted by Crippen LogP contribution is 2.35. The van der Waals surface area contributed by atoms with Crippen LogP contribution in [0.1, 0.15) is 15.9 Å². The number of hydrogen-bond donors (Lipinski definition) is 0. The lowest BCUT2D eigenvalue weighted by Crippen LogP contribution is -2.30. The highest BCUT2D eigenvalue weighted by Gasteiger charge is 2.18. The van der Waals surface area contributed by atoms with E-state index in [0.717, 1.165) is 0 Å². The predicted molar refractivity (Wildman–Crippen MR) is 107 cm³/mol. The van der Waals surface area contributed by atoms with Gasteiger partial charge in [-0.25, -0.2) is 9.18 Å². The van der Waals surface area contributed by atoms with E-state index in [4.69, 9.17) is 18.9 Å². The zero-order chi connectivity index (χ0) is 21.6. The zero-order valence-corrected chi connectivity index (χ0v) is 18.0. The summed E-state index contributed by atoms with van der Waals surface area (Å²) >= 11 is 3.31. The van der Waals surface area contributed by atoms with Crippen molar-refractivity contribution in [2.75, 3.05) is 35.0 Å². The number of halogens is 2. The quantitative estimate of drug-likeness (QED) is 0.551. The van der Waals surface area contributed by atoms with E-state index in [2.05, 4.69) is 15.9 Å². The van der Waals surface area contributed by atoms with E-state index in [9.17, 15) is 14.0 Å². The number of carbonyl (C=O) groups is 2. The lowest BCUT2D eigenvalue weighted by molar-refractivity contribution is -0.133. The van der Waals surface area contributed by atoms with Crippen LogP contribution in [0.3, 0.4) is 0 Å². The molecule has 0 saturated heterocycles. The van der Waals surface area contributed by atoms with E-state index in [1.807, 2.05) is 0 Å².